The van der Waals surface area contributed by atoms with E-state index < -0.39 is 0 Å². The van der Waals surface area contributed by atoms with E-state index in [0.29, 0.717) is 0 Å². The molecule has 0 bridgehead atoms. The molecule has 0 amide bonds. The molecule has 1 atom stereocenters. The molecular formula is C17H21NO. The van der Waals surface area contributed by atoms with Gasteiger partial charge < -0.3 is 10.5 Å². The molecule has 0 aliphatic heterocycles. The average Bonchev–Trinajstić information content (AvgIpc) is 2.39. The van der Waals surface area contributed by atoms with Gasteiger partial charge in [-0.3, -0.25) is 0 Å². The number of hydrogen-bond acceptors (Lipinski definition) is 2. The Labute approximate surface area is 115 Å². The van der Waals surface area contributed by atoms with Gasteiger partial charge in [0.2, 0.25) is 0 Å². The third kappa shape index (κ3) is 3.36. The molecule has 0 aliphatic rings. The van der Waals surface area contributed by atoms with Crippen molar-refractivity contribution in [3.05, 3.63) is 65.7 Å². The van der Waals surface area contributed by atoms with Crippen molar-refractivity contribution in [1.29, 1.82) is 0 Å². The zero-order valence-electron chi connectivity index (χ0n) is 11.8. The topological polar surface area (TPSA) is 35.2 Å². The van der Waals surface area contributed by atoms with Crippen LogP contribution in [0.2, 0.25) is 0 Å². The summed E-state index contributed by atoms with van der Waals surface area (Å²) < 4.78 is 6.12. The first-order chi connectivity index (χ1) is 8.99. The second-order valence-electron chi connectivity index (χ2n) is 5.34. The van der Waals surface area contributed by atoms with Crippen molar-refractivity contribution in [1.82, 2.24) is 0 Å². The Bertz CT molecular complexity index is 532. The molecular weight excluding hydrogens is 234 g/mol. The van der Waals surface area contributed by atoms with E-state index in [1.807, 2.05) is 49.4 Å². The van der Waals surface area contributed by atoms with E-state index in [4.69, 9.17) is 10.5 Å². The molecule has 2 aromatic rings. The molecule has 0 heterocycles. The van der Waals surface area contributed by atoms with Gasteiger partial charge in [-0.2, -0.15) is 0 Å². The molecule has 0 aliphatic carbocycles. The molecule has 0 aromatic heterocycles. The van der Waals surface area contributed by atoms with Gasteiger partial charge >= 0.3 is 0 Å². The quantitative estimate of drug-likeness (QED) is 0.895. The number of rotatable bonds is 4. The van der Waals surface area contributed by atoms with Gasteiger partial charge in [-0.25, -0.2) is 0 Å². The van der Waals surface area contributed by atoms with Crippen molar-refractivity contribution >= 4 is 0 Å². The fraction of sp³-hybridized carbons (Fsp3) is 0.294. The highest BCUT2D eigenvalue weighted by atomic mass is 16.5. The SMILES string of the molecule is CC(N)c1cccc(OC(C)(C)c2ccccc2)c1. The molecule has 0 radical (unpaired) electrons. The Hall–Kier alpha value is -1.80. The minimum atomic E-state index is -0.363. The smallest absolute Gasteiger partial charge is 0.128 e. The summed E-state index contributed by atoms with van der Waals surface area (Å²) in [6.45, 7) is 6.11. The summed E-state index contributed by atoms with van der Waals surface area (Å²) in [6.07, 6.45) is 0. The number of nitrogens with two attached hydrogens (primary N) is 1. The van der Waals surface area contributed by atoms with Crippen LogP contribution in [-0.2, 0) is 5.60 Å². The molecule has 2 rings (SSSR count). The lowest BCUT2D eigenvalue weighted by molar-refractivity contribution is 0.108. The molecule has 2 heteroatoms. The summed E-state index contributed by atoms with van der Waals surface area (Å²) >= 11 is 0. The van der Waals surface area contributed by atoms with E-state index >= 15 is 0 Å². The molecule has 1 unspecified atom stereocenters. The number of benzene rings is 2. The van der Waals surface area contributed by atoms with Gasteiger partial charge in [0.25, 0.3) is 0 Å². The van der Waals surface area contributed by atoms with Gasteiger partial charge in [0.05, 0.1) is 0 Å². The Kier molecular flexibility index (Phi) is 3.91. The minimum absolute atomic E-state index is 0.0170. The summed E-state index contributed by atoms with van der Waals surface area (Å²) in [5.41, 5.74) is 7.78. The molecule has 19 heavy (non-hydrogen) atoms. The number of hydrogen-bond donors (Lipinski definition) is 1. The standard InChI is InChI=1S/C17H21NO/c1-13(18)14-8-7-11-16(12-14)19-17(2,3)15-9-5-4-6-10-15/h4-13H,18H2,1-3H3. The van der Waals surface area contributed by atoms with Crippen LogP contribution in [0.1, 0.15) is 37.9 Å². The van der Waals surface area contributed by atoms with Crippen molar-refractivity contribution in [2.75, 3.05) is 0 Å². The van der Waals surface area contributed by atoms with E-state index in [2.05, 4.69) is 26.0 Å². The highest BCUT2D eigenvalue weighted by Gasteiger charge is 2.22. The van der Waals surface area contributed by atoms with Gasteiger partial charge in [0.1, 0.15) is 11.4 Å². The van der Waals surface area contributed by atoms with E-state index in [9.17, 15) is 0 Å². The van der Waals surface area contributed by atoms with Gasteiger partial charge in [-0.1, -0.05) is 42.5 Å². The van der Waals surface area contributed by atoms with Crippen LogP contribution < -0.4 is 10.5 Å². The van der Waals surface area contributed by atoms with Gasteiger partial charge in [0, 0.05) is 6.04 Å². The summed E-state index contributed by atoms with van der Waals surface area (Å²) in [7, 11) is 0. The van der Waals surface area contributed by atoms with Crippen LogP contribution in [-0.4, -0.2) is 0 Å². The lowest BCUT2D eigenvalue weighted by Gasteiger charge is -2.27. The van der Waals surface area contributed by atoms with Crippen LogP contribution in [0, 0.1) is 0 Å². The van der Waals surface area contributed by atoms with E-state index in [1.54, 1.807) is 0 Å². The molecule has 2 nitrogen and oxygen atoms in total. The molecule has 0 saturated heterocycles. The first kappa shape index (κ1) is 13.6. The van der Waals surface area contributed by atoms with Crippen LogP contribution in [0.4, 0.5) is 0 Å². The highest BCUT2D eigenvalue weighted by Crippen LogP contribution is 2.28. The average molecular weight is 255 g/mol. The molecule has 2 N–H and O–H groups in total. The van der Waals surface area contributed by atoms with Crippen molar-refractivity contribution in [2.24, 2.45) is 5.73 Å². The molecule has 100 valence electrons. The predicted molar refractivity (Wildman–Crippen MR) is 79.1 cm³/mol. The van der Waals surface area contributed by atoms with Crippen LogP contribution in [0.3, 0.4) is 0 Å². The first-order valence-electron chi connectivity index (χ1n) is 6.59. The fourth-order valence-corrected chi connectivity index (χ4v) is 2.05. The van der Waals surface area contributed by atoms with Crippen LogP contribution in [0.15, 0.2) is 54.6 Å². The van der Waals surface area contributed by atoms with E-state index in [-0.39, 0.29) is 11.6 Å². The van der Waals surface area contributed by atoms with Crippen molar-refractivity contribution in [3.63, 3.8) is 0 Å². The molecule has 2 aromatic carbocycles. The van der Waals surface area contributed by atoms with E-state index in [1.165, 1.54) is 0 Å². The third-order valence-corrected chi connectivity index (χ3v) is 3.23. The normalized spacial score (nSPS) is 13.1. The van der Waals surface area contributed by atoms with E-state index in [0.717, 1.165) is 16.9 Å². The van der Waals surface area contributed by atoms with Gasteiger partial charge in [-0.05, 0) is 44.0 Å². The largest absolute Gasteiger partial charge is 0.483 e. The number of ether oxygens (including phenoxy) is 1. The first-order valence-corrected chi connectivity index (χ1v) is 6.59. The van der Waals surface area contributed by atoms with Gasteiger partial charge in [-0.15, -0.1) is 0 Å². The fourth-order valence-electron chi connectivity index (χ4n) is 2.05. The summed E-state index contributed by atoms with van der Waals surface area (Å²) in [5, 5.41) is 0. The van der Waals surface area contributed by atoms with Crippen LogP contribution in [0.25, 0.3) is 0 Å². The molecule has 0 fully saturated rings. The summed E-state index contributed by atoms with van der Waals surface area (Å²) in [5.74, 6) is 0.851. The van der Waals surface area contributed by atoms with Crippen molar-refractivity contribution in [3.8, 4) is 5.75 Å². The van der Waals surface area contributed by atoms with Crippen LogP contribution >= 0.6 is 0 Å². The minimum Gasteiger partial charge on any atom is -0.483 e. The van der Waals surface area contributed by atoms with Crippen LogP contribution in [0.5, 0.6) is 5.75 Å². The van der Waals surface area contributed by atoms with Crippen molar-refractivity contribution < 1.29 is 4.74 Å². The third-order valence-electron chi connectivity index (χ3n) is 3.23. The zero-order chi connectivity index (χ0) is 13.9. The Morgan fingerprint density at radius 3 is 2.32 bits per heavy atom. The Balaban J connectivity index is 2.23. The maximum atomic E-state index is 6.12. The summed E-state index contributed by atoms with van der Waals surface area (Å²) in [4.78, 5) is 0. The lowest BCUT2D eigenvalue weighted by atomic mass is 9.98. The second-order valence-corrected chi connectivity index (χ2v) is 5.34. The predicted octanol–water partition coefficient (Wildman–Crippen LogP) is 4.02. The molecule has 0 saturated carbocycles. The Morgan fingerprint density at radius 2 is 1.68 bits per heavy atom. The molecule has 0 spiro atoms. The highest BCUT2D eigenvalue weighted by molar-refractivity contribution is 5.32. The lowest BCUT2D eigenvalue weighted by Crippen LogP contribution is -2.25. The van der Waals surface area contributed by atoms with Gasteiger partial charge in [0.15, 0.2) is 0 Å². The second kappa shape index (κ2) is 5.45. The monoisotopic (exact) mass is 255 g/mol. The maximum Gasteiger partial charge on any atom is 0.128 e. The zero-order valence-corrected chi connectivity index (χ0v) is 11.8. The maximum absolute atomic E-state index is 6.12. The summed E-state index contributed by atoms with van der Waals surface area (Å²) in [6, 6.07) is 18.2. The Morgan fingerprint density at radius 1 is 1.00 bits per heavy atom. The van der Waals surface area contributed by atoms with Crippen molar-refractivity contribution in [2.45, 2.75) is 32.4 Å².